The number of carbonyl (C=O) groups excluding carboxylic acids is 1. The van der Waals surface area contributed by atoms with Crippen molar-refractivity contribution < 1.29 is 13.2 Å². The van der Waals surface area contributed by atoms with E-state index in [2.05, 4.69) is 9.97 Å². The molecule has 0 spiro atoms. The van der Waals surface area contributed by atoms with Gasteiger partial charge < -0.3 is 11.5 Å². The third-order valence-electron chi connectivity index (χ3n) is 1.39. The number of primary amides is 1. The van der Waals surface area contributed by atoms with Crippen LogP contribution in [0.4, 0.5) is 5.95 Å². The molecule has 0 aliphatic carbocycles. The second kappa shape index (κ2) is 4.19. The van der Waals surface area contributed by atoms with Gasteiger partial charge in [0.15, 0.2) is 0 Å². The maximum Gasteiger partial charge on any atom is 0.244 e. The standard InChI is InChI=1S/C6H9N5O3S/c7-5(12)3-11-15(13,14)4-1-9-6(8)10-2-4/h1-2,11H,3H2,(H2,7,12)(H2,8,9,10). The number of nitrogens with zero attached hydrogens (tertiary/aromatic N) is 2. The fraction of sp³-hybridized carbons (Fsp3) is 0.167. The van der Waals surface area contributed by atoms with Gasteiger partial charge in [0.1, 0.15) is 4.90 Å². The lowest BCUT2D eigenvalue weighted by molar-refractivity contribution is -0.116. The first kappa shape index (κ1) is 11.3. The monoisotopic (exact) mass is 231 g/mol. The van der Waals surface area contributed by atoms with Crippen molar-refractivity contribution >= 4 is 21.9 Å². The van der Waals surface area contributed by atoms with Crippen LogP contribution in [0, 0.1) is 0 Å². The Balaban J connectivity index is 2.87. The van der Waals surface area contributed by atoms with Crippen LogP contribution in [0.3, 0.4) is 0 Å². The van der Waals surface area contributed by atoms with Gasteiger partial charge in [-0.05, 0) is 0 Å². The summed E-state index contributed by atoms with van der Waals surface area (Å²) in [6.45, 7) is -0.479. The zero-order valence-electron chi connectivity index (χ0n) is 7.54. The van der Waals surface area contributed by atoms with Crippen LogP contribution in [-0.4, -0.2) is 30.8 Å². The van der Waals surface area contributed by atoms with Crippen molar-refractivity contribution in [1.82, 2.24) is 14.7 Å². The van der Waals surface area contributed by atoms with Crippen molar-refractivity contribution in [3.63, 3.8) is 0 Å². The quantitative estimate of drug-likeness (QED) is 0.538. The highest BCUT2D eigenvalue weighted by atomic mass is 32.2. The summed E-state index contributed by atoms with van der Waals surface area (Å²) in [5.41, 5.74) is 9.97. The Morgan fingerprint density at radius 1 is 1.40 bits per heavy atom. The molecule has 1 heterocycles. The molecule has 1 aromatic heterocycles. The lowest BCUT2D eigenvalue weighted by Crippen LogP contribution is -2.33. The summed E-state index contributed by atoms with van der Waals surface area (Å²) < 4.78 is 24.8. The number of sulfonamides is 1. The van der Waals surface area contributed by atoms with Gasteiger partial charge in [-0.2, -0.15) is 0 Å². The van der Waals surface area contributed by atoms with Crippen molar-refractivity contribution in [2.75, 3.05) is 12.3 Å². The molecule has 8 nitrogen and oxygen atoms in total. The number of nitrogens with one attached hydrogen (secondary N) is 1. The predicted octanol–water partition coefficient (Wildman–Crippen LogP) is -2.18. The van der Waals surface area contributed by atoms with Gasteiger partial charge >= 0.3 is 0 Å². The van der Waals surface area contributed by atoms with Crippen LogP contribution in [0.1, 0.15) is 0 Å². The Bertz CT molecular complexity index is 454. The van der Waals surface area contributed by atoms with E-state index in [1.165, 1.54) is 0 Å². The smallest absolute Gasteiger partial charge is 0.244 e. The van der Waals surface area contributed by atoms with Crippen molar-refractivity contribution in [1.29, 1.82) is 0 Å². The van der Waals surface area contributed by atoms with Gasteiger partial charge in [0.25, 0.3) is 0 Å². The molecule has 5 N–H and O–H groups in total. The van der Waals surface area contributed by atoms with Gasteiger partial charge in [0.2, 0.25) is 21.9 Å². The van der Waals surface area contributed by atoms with Crippen molar-refractivity contribution in [2.45, 2.75) is 4.90 Å². The molecule has 15 heavy (non-hydrogen) atoms. The second-order valence-electron chi connectivity index (χ2n) is 2.57. The number of rotatable bonds is 4. The Kier molecular flexibility index (Phi) is 3.17. The van der Waals surface area contributed by atoms with Gasteiger partial charge in [0.05, 0.1) is 18.9 Å². The third-order valence-corrected chi connectivity index (χ3v) is 2.75. The van der Waals surface area contributed by atoms with E-state index in [-0.39, 0.29) is 10.8 Å². The normalized spacial score (nSPS) is 11.2. The zero-order chi connectivity index (χ0) is 11.5. The minimum atomic E-state index is -3.80. The molecule has 1 amide bonds. The van der Waals surface area contributed by atoms with E-state index in [1.807, 2.05) is 4.72 Å². The largest absolute Gasteiger partial charge is 0.369 e. The van der Waals surface area contributed by atoms with Crippen molar-refractivity contribution in [3.05, 3.63) is 12.4 Å². The summed E-state index contributed by atoms with van der Waals surface area (Å²) in [6, 6.07) is 0. The molecule has 0 unspecified atom stereocenters. The fourth-order valence-corrected chi connectivity index (χ4v) is 1.60. The lowest BCUT2D eigenvalue weighted by atomic mass is 10.7. The van der Waals surface area contributed by atoms with Crippen LogP contribution < -0.4 is 16.2 Å². The van der Waals surface area contributed by atoms with Gasteiger partial charge in [-0.25, -0.2) is 23.1 Å². The summed E-state index contributed by atoms with van der Waals surface area (Å²) in [5, 5.41) is 0. The topological polar surface area (TPSA) is 141 Å². The van der Waals surface area contributed by atoms with Gasteiger partial charge in [-0.15, -0.1) is 0 Å². The summed E-state index contributed by atoms with van der Waals surface area (Å²) in [7, 11) is -3.80. The minimum Gasteiger partial charge on any atom is -0.369 e. The van der Waals surface area contributed by atoms with E-state index >= 15 is 0 Å². The first-order valence-corrected chi connectivity index (χ1v) is 5.25. The molecule has 0 aliphatic rings. The maximum atomic E-state index is 11.4. The minimum absolute atomic E-state index is 0.0381. The Morgan fingerprint density at radius 2 is 1.93 bits per heavy atom. The molecule has 0 saturated heterocycles. The summed E-state index contributed by atoms with van der Waals surface area (Å²) in [4.78, 5) is 17.2. The average molecular weight is 231 g/mol. The molecule has 82 valence electrons. The van der Waals surface area contributed by atoms with Crippen LogP contribution in [0.25, 0.3) is 0 Å². The maximum absolute atomic E-state index is 11.4. The number of carbonyl (C=O) groups is 1. The molecule has 0 saturated carbocycles. The molecule has 0 bridgehead atoms. The second-order valence-corrected chi connectivity index (χ2v) is 4.33. The summed E-state index contributed by atoms with van der Waals surface area (Å²) in [5.74, 6) is -0.821. The fourth-order valence-electron chi connectivity index (χ4n) is 0.714. The van der Waals surface area contributed by atoms with Gasteiger partial charge in [-0.1, -0.05) is 0 Å². The van der Waals surface area contributed by atoms with Crippen molar-refractivity contribution in [3.8, 4) is 0 Å². The third kappa shape index (κ3) is 3.14. The van der Waals surface area contributed by atoms with E-state index in [9.17, 15) is 13.2 Å². The predicted molar refractivity (Wildman–Crippen MR) is 50.8 cm³/mol. The van der Waals surface area contributed by atoms with Gasteiger partial charge in [-0.3, -0.25) is 4.79 Å². The lowest BCUT2D eigenvalue weighted by Gasteiger charge is -2.03. The first-order chi connectivity index (χ1) is 6.92. The molecular weight excluding hydrogens is 222 g/mol. The number of hydrogen-bond donors (Lipinski definition) is 3. The van der Waals surface area contributed by atoms with E-state index in [4.69, 9.17) is 11.5 Å². The van der Waals surface area contributed by atoms with Crippen LogP contribution in [0.5, 0.6) is 0 Å². The number of nitrogen functional groups attached to an aromatic ring is 1. The molecule has 9 heteroatoms. The highest BCUT2D eigenvalue weighted by Crippen LogP contribution is 2.04. The number of aromatic nitrogens is 2. The molecule has 0 aliphatic heterocycles. The van der Waals surface area contributed by atoms with E-state index in [0.717, 1.165) is 12.4 Å². The number of anilines is 1. The number of amides is 1. The van der Waals surface area contributed by atoms with Crippen LogP contribution in [0.15, 0.2) is 17.3 Å². The summed E-state index contributed by atoms with van der Waals surface area (Å²) in [6.07, 6.45) is 2.07. The summed E-state index contributed by atoms with van der Waals surface area (Å²) >= 11 is 0. The van der Waals surface area contributed by atoms with Crippen LogP contribution >= 0.6 is 0 Å². The molecule has 0 aromatic carbocycles. The molecule has 1 aromatic rings. The van der Waals surface area contributed by atoms with E-state index in [1.54, 1.807) is 0 Å². The molecule has 0 radical (unpaired) electrons. The molecule has 0 atom stereocenters. The van der Waals surface area contributed by atoms with Crippen LogP contribution in [0.2, 0.25) is 0 Å². The zero-order valence-corrected chi connectivity index (χ0v) is 8.36. The highest BCUT2D eigenvalue weighted by Gasteiger charge is 2.15. The molecule has 0 fully saturated rings. The Hall–Kier alpha value is -1.74. The number of nitrogens with two attached hydrogens (primary N) is 2. The SMILES string of the molecule is NC(=O)CNS(=O)(=O)c1cnc(N)nc1. The van der Waals surface area contributed by atoms with E-state index in [0.29, 0.717) is 0 Å². The molecule has 1 rings (SSSR count). The Labute approximate surface area is 85.8 Å². The van der Waals surface area contributed by atoms with E-state index < -0.39 is 22.5 Å². The number of hydrogen-bond acceptors (Lipinski definition) is 6. The molecular formula is C6H9N5O3S. The average Bonchev–Trinajstić information content (AvgIpc) is 2.16. The highest BCUT2D eigenvalue weighted by molar-refractivity contribution is 7.89. The Morgan fingerprint density at radius 3 is 2.40 bits per heavy atom. The van der Waals surface area contributed by atoms with Crippen LogP contribution in [-0.2, 0) is 14.8 Å². The first-order valence-electron chi connectivity index (χ1n) is 3.77. The van der Waals surface area contributed by atoms with Gasteiger partial charge in [0, 0.05) is 0 Å². The van der Waals surface area contributed by atoms with Crippen molar-refractivity contribution in [2.24, 2.45) is 5.73 Å².